The van der Waals surface area contributed by atoms with Crippen molar-refractivity contribution >= 4 is 27.7 Å². The molecule has 1 amide bonds. The molecule has 26 heavy (non-hydrogen) atoms. The van der Waals surface area contributed by atoms with Crippen LogP contribution in [0.1, 0.15) is 29.5 Å². The van der Waals surface area contributed by atoms with E-state index in [-0.39, 0.29) is 5.91 Å². The third kappa shape index (κ3) is 5.74. The summed E-state index contributed by atoms with van der Waals surface area (Å²) in [4.78, 5) is 11.8. The molecule has 0 bridgehead atoms. The maximum absolute atomic E-state index is 12.2. The summed E-state index contributed by atoms with van der Waals surface area (Å²) in [5.74, 6) is 0.00172. The van der Waals surface area contributed by atoms with Crippen LogP contribution in [0.4, 0.5) is 5.69 Å². The Labute approximate surface area is 154 Å². The molecule has 1 aliphatic carbocycles. The number of hydrogen-bond donors (Lipinski definition) is 2. The average molecular weight is 370 g/mol. The van der Waals surface area contributed by atoms with Crippen LogP contribution in [0, 0.1) is 6.92 Å². The summed E-state index contributed by atoms with van der Waals surface area (Å²) in [6.07, 6.45) is 3.97. The van der Waals surface area contributed by atoms with Crippen molar-refractivity contribution in [3.63, 3.8) is 0 Å². The Morgan fingerprint density at radius 1 is 1.08 bits per heavy atom. The largest absolute Gasteiger partial charge is 0.353 e. The van der Waals surface area contributed by atoms with E-state index in [4.69, 9.17) is 0 Å². The summed E-state index contributed by atoms with van der Waals surface area (Å²) in [7, 11) is -3.60. The number of carbonyl (C=O) groups is 1. The highest BCUT2D eigenvalue weighted by Gasteiger charge is 2.23. The van der Waals surface area contributed by atoms with Gasteiger partial charge in [0.1, 0.15) is 0 Å². The van der Waals surface area contributed by atoms with Gasteiger partial charge in [0.05, 0.1) is 11.8 Å². The molecule has 0 heterocycles. The molecule has 2 aromatic rings. The molecule has 0 spiro atoms. The Bertz CT molecular complexity index is 897. The van der Waals surface area contributed by atoms with Gasteiger partial charge in [0.2, 0.25) is 5.91 Å². The molecule has 1 fully saturated rings. The van der Waals surface area contributed by atoms with Gasteiger partial charge < -0.3 is 5.32 Å². The smallest absolute Gasteiger partial charge is 0.255 e. The van der Waals surface area contributed by atoms with E-state index in [9.17, 15) is 13.2 Å². The van der Waals surface area contributed by atoms with Crippen molar-refractivity contribution in [2.45, 2.75) is 32.2 Å². The molecule has 0 aliphatic heterocycles. The predicted molar refractivity (Wildman–Crippen MR) is 104 cm³/mol. The molecule has 0 saturated heterocycles. The molecule has 0 radical (unpaired) electrons. The lowest BCUT2D eigenvalue weighted by Gasteiger charge is -2.07. The minimum Gasteiger partial charge on any atom is -0.353 e. The van der Waals surface area contributed by atoms with E-state index >= 15 is 0 Å². The van der Waals surface area contributed by atoms with Gasteiger partial charge in [-0.1, -0.05) is 42.0 Å². The van der Waals surface area contributed by atoms with Crippen LogP contribution in [0.15, 0.2) is 53.9 Å². The van der Waals surface area contributed by atoms with Crippen LogP contribution >= 0.6 is 0 Å². The summed E-state index contributed by atoms with van der Waals surface area (Å²) < 4.78 is 26.8. The number of nitrogens with one attached hydrogen (secondary N) is 2. The zero-order valence-corrected chi connectivity index (χ0v) is 15.4. The maximum Gasteiger partial charge on any atom is 0.255 e. The van der Waals surface area contributed by atoms with Crippen molar-refractivity contribution in [3.05, 3.63) is 70.6 Å². The van der Waals surface area contributed by atoms with Gasteiger partial charge >= 0.3 is 0 Å². The molecule has 0 unspecified atom stereocenters. The van der Waals surface area contributed by atoms with Crippen LogP contribution in [0.3, 0.4) is 0 Å². The van der Waals surface area contributed by atoms with Crippen LogP contribution in [-0.4, -0.2) is 20.4 Å². The van der Waals surface area contributed by atoms with Crippen molar-refractivity contribution < 1.29 is 13.2 Å². The molecule has 2 N–H and O–H groups in total. The van der Waals surface area contributed by atoms with Crippen molar-refractivity contribution in [2.24, 2.45) is 0 Å². The lowest BCUT2D eigenvalue weighted by molar-refractivity contribution is -0.120. The molecular weight excluding hydrogens is 348 g/mol. The van der Waals surface area contributed by atoms with Gasteiger partial charge in [0, 0.05) is 11.7 Å². The van der Waals surface area contributed by atoms with Crippen LogP contribution < -0.4 is 10.0 Å². The van der Waals surface area contributed by atoms with E-state index in [1.54, 1.807) is 30.3 Å². The molecule has 3 rings (SSSR count). The van der Waals surface area contributed by atoms with Crippen molar-refractivity contribution in [3.8, 4) is 0 Å². The van der Waals surface area contributed by atoms with Crippen LogP contribution in [0.2, 0.25) is 0 Å². The van der Waals surface area contributed by atoms with Gasteiger partial charge in [0.25, 0.3) is 10.0 Å². The Hall–Kier alpha value is -2.60. The third-order valence-corrected chi connectivity index (χ3v) is 5.05. The lowest BCUT2D eigenvalue weighted by atomic mass is 10.1. The highest BCUT2D eigenvalue weighted by molar-refractivity contribution is 7.95. The number of sulfonamides is 1. The number of anilines is 1. The molecule has 1 saturated carbocycles. The summed E-state index contributed by atoms with van der Waals surface area (Å²) >= 11 is 0. The number of aryl methyl sites for hydroxylation is 1. The first-order valence-electron chi connectivity index (χ1n) is 8.55. The second kappa shape index (κ2) is 7.74. The van der Waals surface area contributed by atoms with Crippen LogP contribution in [0.25, 0.3) is 6.08 Å². The molecule has 136 valence electrons. The maximum atomic E-state index is 12.2. The van der Waals surface area contributed by atoms with Gasteiger partial charge in [-0.25, -0.2) is 8.42 Å². The number of hydrogen-bond acceptors (Lipinski definition) is 3. The molecule has 0 aromatic heterocycles. The Balaban J connectivity index is 1.58. The summed E-state index contributed by atoms with van der Waals surface area (Å²) in [6, 6.07) is 14.8. The van der Waals surface area contributed by atoms with Crippen LogP contribution in [0.5, 0.6) is 0 Å². The molecule has 5 nitrogen and oxygen atoms in total. The summed E-state index contributed by atoms with van der Waals surface area (Å²) in [5.41, 5.74) is 3.25. The molecule has 1 aliphatic rings. The second-order valence-corrected chi connectivity index (χ2v) is 8.14. The Morgan fingerprint density at radius 3 is 2.35 bits per heavy atom. The Kier molecular flexibility index (Phi) is 5.42. The molecule has 2 aromatic carbocycles. The molecule has 6 heteroatoms. The zero-order chi connectivity index (χ0) is 18.6. The Morgan fingerprint density at radius 2 is 1.73 bits per heavy atom. The fourth-order valence-electron chi connectivity index (χ4n) is 2.43. The normalized spacial score (nSPS) is 14.3. The highest BCUT2D eigenvalue weighted by Crippen LogP contribution is 2.19. The standard InChI is InChI=1S/C20H22N2O3S/c1-15-2-4-16(5-3-15)12-13-26(24,25)22-19-8-6-17(7-9-19)14-20(23)21-18-10-11-18/h2-9,12-13,18,22H,10-11,14H2,1H3,(H,21,23). The minimum absolute atomic E-state index is 0.00172. The fourth-order valence-corrected chi connectivity index (χ4v) is 3.30. The third-order valence-electron chi connectivity index (χ3n) is 4.04. The first kappa shape index (κ1) is 18.2. The van der Waals surface area contributed by atoms with E-state index in [1.807, 2.05) is 31.2 Å². The quantitative estimate of drug-likeness (QED) is 0.786. The van der Waals surface area contributed by atoms with Crippen molar-refractivity contribution in [1.82, 2.24) is 5.32 Å². The van der Waals surface area contributed by atoms with Crippen LogP contribution in [-0.2, 0) is 21.2 Å². The van der Waals surface area contributed by atoms with E-state index in [0.717, 1.165) is 34.9 Å². The monoisotopic (exact) mass is 370 g/mol. The SMILES string of the molecule is Cc1ccc(C=CS(=O)(=O)Nc2ccc(CC(=O)NC3CC3)cc2)cc1. The van der Waals surface area contributed by atoms with E-state index in [2.05, 4.69) is 10.0 Å². The van der Waals surface area contributed by atoms with Gasteiger partial charge in [-0.05, 0) is 49.1 Å². The van der Waals surface area contributed by atoms with Gasteiger partial charge in [-0.15, -0.1) is 0 Å². The second-order valence-electron chi connectivity index (χ2n) is 6.58. The number of benzene rings is 2. The van der Waals surface area contributed by atoms with E-state index in [0.29, 0.717) is 18.2 Å². The fraction of sp³-hybridized carbons (Fsp3) is 0.250. The number of rotatable bonds is 7. The topological polar surface area (TPSA) is 75.3 Å². The van der Waals surface area contributed by atoms with E-state index < -0.39 is 10.0 Å². The van der Waals surface area contributed by atoms with Crippen molar-refractivity contribution in [2.75, 3.05) is 4.72 Å². The van der Waals surface area contributed by atoms with Crippen molar-refractivity contribution in [1.29, 1.82) is 0 Å². The first-order valence-corrected chi connectivity index (χ1v) is 10.1. The number of amides is 1. The first-order chi connectivity index (χ1) is 12.4. The zero-order valence-electron chi connectivity index (χ0n) is 14.6. The summed E-state index contributed by atoms with van der Waals surface area (Å²) in [5, 5.41) is 4.08. The molecule has 0 atom stereocenters. The van der Waals surface area contributed by atoms with Gasteiger partial charge in [-0.2, -0.15) is 0 Å². The molecular formula is C20H22N2O3S. The van der Waals surface area contributed by atoms with Gasteiger partial charge in [-0.3, -0.25) is 9.52 Å². The lowest BCUT2D eigenvalue weighted by Crippen LogP contribution is -2.26. The predicted octanol–water partition coefficient (Wildman–Crippen LogP) is 3.23. The summed E-state index contributed by atoms with van der Waals surface area (Å²) in [6.45, 7) is 1.98. The highest BCUT2D eigenvalue weighted by atomic mass is 32.2. The number of carbonyl (C=O) groups excluding carboxylic acids is 1. The minimum atomic E-state index is -3.60. The van der Waals surface area contributed by atoms with E-state index in [1.165, 1.54) is 0 Å². The van der Waals surface area contributed by atoms with Gasteiger partial charge in [0.15, 0.2) is 0 Å². The average Bonchev–Trinajstić information content (AvgIpc) is 3.40.